The van der Waals surface area contributed by atoms with E-state index >= 15 is 0 Å². The molecule has 1 aromatic carbocycles. The van der Waals surface area contributed by atoms with Crippen LogP contribution in [0.15, 0.2) is 21.3 Å². The first-order chi connectivity index (χ1) is 8.17. The number of hydrogen-bond donors (Lipinski definition) is 0. The van der Waals surface area contributed by atoms with E-state index in [9.17, 15) is 4.79 Å². The van der Waals surface area contributed by atoms with Crippen LogP contribution in [-0.4, -0.2) is 11.2 Å². The Morgan fingerprint density at radius 3 is 2.82 bits per heavy atom. The summed E-state index contributed by atoms with van der Waals surface area (Å²) in [5.41, 5.74) is 1.22. The van der Waals surface area contributed by atoms with Crippen LogP contribution in [0.3, 0.4) is 0 Å². The van der Waals surface area contributed by atoms with Crippen LogP contribution in [0.5, 0.6) is 5.75 Å². The van der Waals surface area contributed by atoms with E-state index in [1.807, 2.05) is 13.8 Å². The number of halogens is 1. The van der Waals surface area contributed by atoms with Crippen molar-refractivity contribution in [2.75, 3.05) is 6.61 Å². The first-order valence-electron chi connectivity index (χ1n) is 5.63. The molecule has 0 radical (unpaired) electrons. The zero-order valence-electron chi connectivity index (χ0n) is 9.83. The van der Waals surface area contributed by atoms with Gasteiger partial charge in [-0.05, 0) is 19.4 Å². The van der Waals surface area contributed by atoms with Crippen LogP contribution in [0.2, 0.25) is 5.02 Å². The molecule has 0 N–H and O–H groups in total. The van der Waals surface area contributed by atoms with Crippen LogP contribution in [0.1, 0.15) is 20.3 Å². The molecule has 0 amide bonds. The molecule has 0 fully saturated rings. The summed E-state index contributed by atoms with van der Waals surface area (Å²) in [4.78, 5) is 11.6. The fraction of sp³-hybridized carbons (Fsp3) is 0.417. The first kappa shape index (κ1) is 12.0. The van der Waals surface area contributed by atoms with Crippen LogP contribution >= 0.6 is 11.6 Å². The lowest BCUT2D eigenvalue weighted by Gasteiger charge is -2.05. The average molecular weight is 256 g/mol. The van der Waals surface area contributed by atoms with Crippen LogP contribution in [0.4, 0.5) is 0 Å². The smallest absolute Gasteiger partial charge is 0.419 e. The van der Waals surface area contributed by atoms with Crippen molar-refractivity contribution in [3.8, 4) is 5.75 Å². The molecule has 4 nitrogen and oxygen atoms in total. The number of aromatic nitrogens is 1. The van der Waals surface area contributed by atoms with Gasteiger partial charge in [0.25, 0.3) is 0 Å². The van der Waals surface area contributed by atoms with Crippen molar-refractivity contribution < 1.29 is 9.15 Å². The van der Waals surface area contributed by atoms with E-state index in [4.69, 9.17) is 20.8 Å². The summed E-state index contributed by atoms with van der Waals surface area (Å²) < 4.78 is 12.1. The maximum atomic E-state index is 11.6. The Bertz CT molecular complexity index is 585. The van der Waals surface area contributed by atoms with Gasteiger partial charge >= 0.3 is 5.76 Å². The highest BCUT2D eigenvalue weighted by molar-refractivity contribution is 6.32. The lowest BCUT2D eigenvalue weighted by atomic mass is 10.3. The van der Waals surface area contributed by atoms with Gasteiger partial charge in [-0.2, -0.15) is 0 Å². The molecule has 0 aliphatic carbocycles. The molecule has 0 bridgehead atoms. The van der Waals surface area contributed by atoms with E-state index in [-0.39, 0.29) is 5.76 Å². The molecule has 5 heteroatoms. The predicted molar refractivity (Wildman–Crippen MR) is 66.9 cm³/mol. The van der Waals surface area contributed by atoms with Gasteiger partial charge in [-0.3, -0.25) is 4.57 Å². The van der Waals surface area contributed by atoms with Crippen molar-refractivity contribution in [3.05, 3.63) is 27.7 Å². The minimum atomic E-state index is -0.355. The van der Waals surface area contributed by atoms with Crippen molar-refractivity contribution in [1.29, 1.82) is 0 Å². The van der Waals surface area contributed by atoms with Crippen molar-refractivity contribution in [2.45, 2.75) is 26.8 Å². The van der Waals surface area contributed by atoms with E-state index in [2.05, 4.69) is 0 Å². The predicted octanol–water partition coefficient (Wildman–Crippen LogP) is 3.06. The van der Waals surface area contributed by atoms with Gasteiger partial charge in [0, 0.05) is 12.6 Å². The molecule has 0 spiro atoms. The molecular weight excluding hydrogens is 242 g/mol. The molecule has 17 heavy (non-hydrogen) atoms. The molecule has 0 aliphatic heterocycles. The topological polar surface area (TPSA) is 44.4 Å². The average Bonchev–Trinajstić information content (AvgIpc) is 2.57. The lowest BCUT2D eigenvalue weighted by Crippen LogP contribution is -2.13. The summed E-state index contributed by atoms with van der Waals surface area (Å²) in [7, 11) is 0. The van der Waals surface area contributed by atoms with E-state index in [0.717, 1.165) is 6.42 Å². The van der Waals surface area contributed by atoms with Gasteiger partial charge in [0.1, 0.15) is 5.75 Å². The fourth-order valence-corrected chi connectivity index (χ4v) is 1.98. The fourth-order valence-electron chi connectivity index (χ4n) is 1.77. The SMILES string of the molecule is CCCn1c(=O)oc2cc(OCC)c(Cl)cc21. The number of rotatable bonds is 4. The lowest BCUT2D eigenvalue weighted by molar-refractivity contribution is 0.340. The van der Waals surface area contributed by atoms with Gasteiger partial charge in [-0.1, -0.05) is 18.5 Å². The summed E-state index contributed by atoms with van der Waals surface area (Å²) >= 11 is 6.08. The maximum absolute atomic E-state index is 11.6. The van der Waals surface area contributed by atoms with Crippen molar-refractivity contribution in [3.63, 3.8) is 0 Å². The monoisotopic (exact) mass is 255 g/mol. The van der Waals surface area contributed by atoms with Gasteiger partial charge in [-0.25, -0.2) is 4.79 Å². The van der Waals surface area contributed by atoms with Gasteiger partial charge in [-0.15, -0.1) is 0 Å². The summed E-state index contributed by atoms with van der Waals surface area (Å²) in [5, 5.41) is 0.491. The quantitative estimate of drug-likeness (QED) is 0.843. The third-order valence-electron chi connectivity index (χ3n) is 2.47. The zero-order valence-corrected chi connectivity index (χ0v) is 10.6. The molecule has 0 atom stereocenters. The number of fused-ring (bicyclic) bond motifs is 1. The number of nitrogens with zero attached hydrogens (tertiary/aromatic N) is 1. The summed E-state index contributed by atoms with van der Waals surface area (Å²) in [6.45, 7) is 5.02. The number of aryl methyl sites for hydroxylation is 1. The summed E-state index contributed by atoms with van der Waals surface area (Å²) in [6.07, 6.45) is 0.860. The maximum Gasteiger partial charge on any atom is 0.419 e. The van der Waals surface area contributed by atoms with E-state index in [1.54, 1.807) is 16.7 Å². The van der Waals surface area contributed by atoms with Crippen molar-refractivity contribution >= 4 is 22.7 Å². The molecule has 92 valence electrons. The molecule has 2 aromatic rings. The second-order valence-electron chi connectivity index (χ2n) is 3.70. The van der Waals surface area contributed by atoms with E-state index < -0.39 is 0 Å². The van der Waals surface area contributed by atoms with E-state index in [0.29, 0.717) is 35.0 Å². The number of ether oxygens (including phenoxy) is 1. The highest BCUT2D eigenvalue weighted by Crippen LogP contribution is 2.29. The second-order valence-corrected chi connectivity index (χ2v) is 4.11. The zero-order chi connectivity index (χ0) is 12.4. The highest BCUT2D eigenvalue weighted by Gasteiger charge is 2.12. The van der Waals surface area contributed by atoms with Gasteiger partial charge in [0.15, 0.2) is 5.58 Å². The summed E-state index contributed by atoms with van der Waals surface area (Å²) in [5.74, 6) is 0.186. The van der Waals surface area contributed by atoms with Crippen LogP contribution < -0.4 is 10.5 Å². The molecule has 1 aromatic heterocycles. The largest absolute Gasteiger partial charge is 0.492 e. The van der Waals surface area contributed by atoms with Crippen LogP contribution in [-0.2, 0) is 6.54 Å². The van der Waals surface area contributed by atoms with Crippen LogP contribution in [0, 0.1) is 0 Å². The Balaban J connectivity index is 2.61. The Kier molecular flexibility index (Phi) is 3.43. The standard InChI is InChI=1S/C12H14ClNO3/c1-3-5-14-9-6-8(13)10(16-4-2)7-11(9)17-12(14)15/h6-7H,3-5H2,1-2H3. The number of hydrogen-bond acceptors (Lipinski definition) is 3. The Morgan fingerprint density at radius 2 is 2.18 bits per heavy atom. The minimum Gasteiger partial charge on any atom is -0.492 e. The van der Waals surface area contributed by atoms with Gasteiger partial charge in [0.05, 0.1) is 17.1 Å². The van der Waals surface area contributed by atoms with Gasteiger partial charge in [0.2, 0.25) is 0 Å². The Hall–Kier alpha value is -1.42. The second kappa shape index (κ2) is 4.84. The highest BCUT2D eigenvalue weighted by atomic mass is 35.5. The van der Waals surface area contributed by atoms with Gasteiger partial charge < -0.3 is 9.15 Å². The molecular formula is C12H14ClNO3. The minimum absolute atomic E-state index is 0.355. The molecule has 0 unspecified atom stereocenters. The third-order valence-corrected chi connectivity index (χ3v) is 2.76. The first-order valence-corrected chi connectivity index (χ1v) is 6.00. The Labute approximate surface area is 104 Å². The molecule has 0 aliphatic rings. The molecule has 1 heterocycles. The number of benzene rings is 1. The van der Waals surface area contributed by atoms with Crippen LogP contribution in [0.25, 0.3) is 11.1 Å². The third kappa shape index (κ3) is 2.17. The normalized spacial score (nSPS) is 11.0. The molecule has 0 saturated carbocycles. The number of oxazole rings is 1. The van der Waals surface area contributed by atoms with E-state index in [1.165, 1.54) is 0 Å². The Morgan fingerprint density at radius 1 is 1.41 bits per heavy atom. The molecule has 2 rings (SSSR count). The molecule has 0 saturated heterocycles. The summed E-state index contributed by atoms with van der Waals surface area (Å²) in [6, 6.07) is 3.37. The van der Waals surface area contributed by atoms with Crippen molar-refractivity contribution in [2.24, 2.45) is 0 Å². The van der Waals surface area contributed by atoms with Crippen molar-refractivity contribution in [1.82, 2.24) is 4.57 Å².